The van der Waals surface area contributed by atoms with Gasteiger partial charge in [-0.2, -0.15) is 0 Å². The average molecular weight is 353 g/mol. The molecule has 1 aliphatic rings. The Kier molecular flexibility index (Phi) is 6.40. The Morgan fingerprint density at radius 2 is 1.88 bits per heavy atom. The van der Waals surface area contributed by atoms with Crippen LogP contribution >= 0.6 is 0 Å². The minimum Gasteiger partial charge on any atom is -0.353 e. The number of hydrogen-bond acceptors (Lipinski definition) is 3. The van der Waals surface area contributed by atoms with Crippen molar-refractivity contribution in [3.05, 3.63) is 29.3 Å². The molecule has 0 aromatic heterocycles. The fourth-order valence-electron chi connectivity index (χ4n) is 3.07. The first-order chi connectivity index (χ1) is 11.3. The molecule has 1 fully saturated rings. The number of amides is 1. The molecule has 0 saturated heterocycles. The average Bonchev–Trinajstić information content (AvgIpc) is 2.52. The molecule has 5 nitrogen and oxygen atoms in total. The Morgan fingerprint density at radius 1 is 1.17 bits per heavy atom. The van der Waals surface area contributed by atoms with Gasteiger partial charge in [0.15, 0.2) is 0 Å². The third-order valence-electron chi connectivity index (χ3n) is 4.89. The molecule has 2 atom stereocenters. The lowest BCUT2D eigenvalue weighted by Crippen LogP contribution is -2.42. The molecule has 1 aromatic carbocycles. The minimum atomic E-state index is -3.57. The van der Waals surface area contributed by atoms with E-state index in [2.05, 4.69) is 17.0 Å². The number of rotatable bonds is 6. The fourth-order valence-corrected chi connectivity index (χ4v) is 4.19. The van der Waals surface area contributed by atoms with Crippen LogP contribution in [0.15, 0.2) is 23.1 Å². The van der Waals surface area contributed by atoms with Gasteiger partial charge in [-0.25, -0.2) is 13.1 Å². The van der Waals surface area contributed by atoms with Crippen molar-refractivity contribution in [3.63, 3.8) is 0 Å². The van der Waals surface area contributed by atoms with E-state index in [1.807, 2.05) is 13.8 Å². The van der Waals surface area contributed by atoms with E-state index in [9.17, 15) is 13.2 Å². The van der Waals surface area contributed by atoms with Crippen LogP contribution in [0.3, 0.4) is 0 Å². The lowest BCUT2D eigenvalue weighted by atomic mass is 9.86. The highest BCUT2D eigenvalue weighted by molar-refractivity contribution is 7.89. The molecule has 24 heavy (non-hydrogen) atoms. The second-order valence-corrected chi connectivity index (χ2v) is 8.60. The Morgan fingerprint density at radius 3 is 2.54 bits per heavy atom. The fraction of sp³-hybridized carbons (Fsp3) is 0.611. The van der Waals surface area contributed by atoms with Crippen LogP contribution in [-0.2, 0) is 14.8 Å². The van der Waals surface area contributed by atoms with E-state index in [1.54, 1.807) is 18.2 Å². The highest BCUT2D eigenvalue weighted by Gasteiger charge is 2.23. The molecule has 0 aliphatic heterocycles. The summed E-state index contributed by atoms with van der Waals surface area (Å²) in [7, 11) is -3.57. The molecule has 1 aliphatic carbocycles. The van der Waals surface area contributed by atoms with Crippen LogP contribution in [-0.4, -0.2) is 26.9 Å². The van der Waals surface area contributed by atoms with E-state index < -0.39 is 10.0 Å². The highest BCUT2D eigenvalue weighted by Crippen LogP contribution is 2.23. The van der Waals surface area contributed by atoms with Gasteiger partial charge in [-0.15, -0.1) is 0 Å². The molecule has 0 bridgehead atoms. The first kappa shape index (κ1) is 18.9. The zero-order valence-corrected chi connectivity index (χ0v) is 15.6. The predicted molar refractivity (Wildman–Crippen MR) is 95.3 cm³/mol. The van der Waals surface area contributed by atoms with Gasteiger partial charge in [0.2, 0.25) is 15.9 Å². The quantitative estimate of drug-likeness (QED) is 0.826. The summed E-state index contributed by atoms with van der Waals surface area (Å²) in [5, 5.41) is 3.04. The van der Waals surface area contributed by atoms with Gasteiger partial charge in [0.25, 0.3) is 0 Å². The SMILES string of the molecule is Cc1ccc(S(=O)(=O)NCCC(=O)N[C@@H]2CCCC[C@@H]2C)cc1C. The van der Waals surface area contributed by atoms with Crippen molar-refractivity contribution in [1.82, 2.24) is 10.0 Å². The van der Waals surface area contributed by atoms with Crippen LogP contribution in [0, 0.1) is 19.8 Å². The zero-order valence-electron chi connectivity index (χ0n) is 14.8. The Balaban J connectivity index is 1.83. The molecule has 1 aromatic rings. The summed E-state index contributed by atoms with van der Waals surface area (Å²) in [6, 6.07) is 5.26. The summed E-state index contributed by atoms with van der Waals surface area (Å²) in [5.74, 6) is 0.409. The topological polar surface area (TPSA) is 75.3 Å². The number of carbonyl (C=O) groups is 1. The number of sulfonamides is 1. The molecule has 0 spiro atoms. The lowest BCUT2D eigenvalue weighted by Gasteiger charge is -2.29. The van der Waals surface area contributed by atoms with Gasteiger partial charge < -0.3 is 5.32 Å². The van der Waals surface area contributed by atoms with Gasteiger partial charge in [-0.05, 0) is 55.9 Å². The first-order valence-corrected chi connectivity index (χ1v) is 10.1. The third-order valence-corrected chi connectivity index (χ3v) is 6.35. The molecular formula is C18H28N2O3S. The normalized spacial score (nSPS) is 21.5. The molecule has 1 saturated carbocycles. The van der Waals surface area contributed by atoms with Crippen LogP contribution in [0.25, 0.3) is 0 Å². The standard InChI is InChI=1S/C18H28N2O3S/c1-13-8-9-16(12-15(13)3)24(22,23)19-11-10-18(21)20-17-7-5-4-6-14(17)2/h8-9,12,14,17,19H,4-7,10-11H2,1-3H3,(H,20,21)/t14-,17+/m0/s1. The summed E-state index contributed by atoms with van der Waals surface area (Å²) >= 11 is 0. The molecule has 2 rings (SSSR count). The Bertz CT molecular complexity index is 686. The van der Waals surface area contributed by atoms with Crippen molar-refractivity contribution in [2.75, 3.05) is 6.54 Å². The number of aryl methyl sites for hydroxylation is 2. The first-order valence-electron chi connectivity index (χ1n) is 8.66. The van der Waals surface area contributed by atoms with Gasteiger partial charge in [-0.3, -0.25) is 4.79 Å². The van der Waals surface area contributed by atoms with Crippen LogP contribution in [0.2, 0.25) is 0 Å². The van der Waals surface area contributed by atoms with Crippen molar-refractivity contribution in [3.8, 4) is 0 Å². The van der Waals surface area contributed by atoms with Gasteiger partial charge in [0.05, 0.1) is 4.90 Å². The molecule has 134 valence electrons. The third kappa shape index (κ3) is 5.05. The predicted octanol–water partition coefficient (Wildman–Crippen LogP) is 2.67. The number of nitrogens with one attached hydrogen (secondary N) is 2. The van der Waals surface area contributed by atoms with E-state index in [0.29, 0.717) is 5.92 Å². The maximum atomic E-state index is 12.3. The summed E-state index contributed by atoms with van der Waals surface area (Å²) in [6.45, 7) is 6.09. The maximum Gasteiger partial charge on any atom is 0.240 e. The molecule has 0 radical (unpaired) electrons. The Hall–Kier alpha value is -1.40. The van der Waals surface area contributed by atoms with Gasteiger partial charge in [-0.1, -0.05) is 25.8 Å². The van der Waals surface area contributed by atoms with Crippen molar-refractivity contribution in [2.24, 2.45) is 5.92 Å². The van der Waals surface area contributed by atoms with E-state index in [-0.39, 0.29) is 29.8 Å². The van der Waals surface area contributed by atoms with Crippen molar-refractivity contribution in [2.45, 2.75) is 63.8 Å². The largest absolute Gasteiger partial charge is 0.353 e. The van der Waals surface area contributed by atoms with Gasteiger partial charge >= 0.3 is 0 Å². The van der Waals surface area contributed by atoms with Crippen LogP contribution in [0.4, 0.5) is 0 Å². The summed E-state index contributed by atoms with van der Waals surface area (Å²) in [6.07, 6.45) is 4.69. The number of hydrogen-bond donors (Lipinski definition) is 2. The van der Waals surface area contributed by atoms with Crippen LogP contribution < -0.4 is 10.0 Å². The van der Waals surface area contributed by atoms with Crippen molar-refractivity contribution in [1.29, 1.82) is 0 Å². The van der Waals surface area contributed by atoms with Crippen molar-refractivity contribution < 1.29 is 13.2 Å². The minimum absolute atomic E-state index is 0.0865. The van der Waals surface area contributed by atoms with E-state index >= 15 is 0 Å². The zero-order chi connectivity index (χ0) is 17.7. The molecule has 0 heterocycles. The monoisotopic (exact) mass is 352 g/mol. The van der Waals surface area contributed by atoms with E-state index in [0.717, 1.165) is 30.4 Å². The van der Waals surface area contributed by atoms with Gasteiger partial charge in [0.1, 0.15) is 0 Å². The summed E-state index contributed by atoms with van der Waals surface area (Å²) in [5.41, 5.74) is 1.98. The highest BCUT2D eigenvalue weighted by atomic mass is 32.2. The molecule has 6 heteroatoms. The lowest BCUT2D eigenvalue weighted by molar-refractivity contribution is -0.122. The molecule has 2 N–H and O–H groups in total. The number of carbonyl (C=O) groups excluding carboxylic acids is 1. The summed E-state index contributed by atoms with van der Waals surface area (Å²) < 4.78 is 27.1. The second-order valence-electron chi connectivity index (χ2n) is 6.83. The molecule has 0 unspecified atom stereocenters. The second kappa shape index (κ2) is 8.12. The summed E-state index contributed by atoms with van der Waals surface area (Å²) in [4.78, 5) is 12.3. The van der Waals surface area contributed by atoms with E-state index in [4.69, 9.17) is 0 Å². The number of benzene rings is 1. The smallest absolute Gasteiger partial charge is 0.240 e. The van der Waals surface area contributed by atoms with E-state index in [1.165, 1.54) is 6.42 Å². The maximum absolute atomic E-state index is 12.3. The van der Waals surface area contributed by atoms with Crippen LogP contribution in [0.5, 0.6) is 0 Å². The van der Waals surface area contributed by atoms with Crippen LogP contribution in [0.1, 0.15) is 50.2 Å². The van der Waals surface area contributed by atoms with Crippen molar-refractivity contribution >= 4 is 15.9 Å². The van der Waals surface area contributed by atoms with Gasteiger partial charge in [0, 0.05) is 19.0 Å². The molecule has 1 amide bonds. The Labute approximate surface area is 145 Å². The molecular weight excluding hydrogens is 324 g/mol.